The molecule has 0 radical (unpaired) electrons. The Morgan fingerprint density at radius 2 is 1.82 bits per heavy atom. The van der Waals surface area contributed by atoms with Crippen molar-refractivity contribution in [1.29, 1.82) is 0 Å². The van der Waals surface area contributed by atoms with Crippen LogP contribution in [0.1, 0.15) is 52.9 Å². The van der Waals surface area contributed by atoms with E-state index in [1.165, 1.54) is 25.7 Å². The summed E-state index contributed by atoms with van der Waals surface area (Å²) in [7, 11) is 0. The average molecular weight is 158 g/mol. The van der Waals surface area contributed by atoms with Gasteiger partial charge in [0.2, 0.25) is 0 Å². The molecule has 0 bridgehead atoms. The van der Waals surface area contributed by atoms with Crippen LogP contribution in [0.2, 0.25) is 0 Å². The molecule has 0 spiro atoms. The quantitative estimate of drug-likeness (QED) is 0.516. The summed E-state index contributed by atoms with van der Waals surface area (Å²) in [5, 5.41) is 0. The maximum absolute atomic E-state index is 5.67. The molecule has 0 aromatic heterocycles. The van der Waals surface area contributed by atoms with E-state index in [4.69, 9.17) is 4.74 Å². The van der Waals surface area contributed by atoms with Crippen LogP contribution in [-0.4, -0.2) is 12.7 Å². The van der Waals surface area contributed by atoms with Crippen molar-refractivity contribution in [3.05, 3.63) is 0 Å². The summed E-state index contributed by atoms with van der Waals surface area (Å²) < 4.78 is 5.67. The van der Waals surface area contributed by atoms with Crippen LogP contribution in [0.5, 0.6) is 0 Å². The first-order chi connectivity index (χ1) is 5.35. The molecule has 0 aromatic carbocycles. The van der Waals surface area contributed by atoms with Gasteiger partial charge in [-0.3, -0.25) is 0 Å². The van der Waals surface area contributed by atoms with E-state index in [1.54, 1.807) is 0 Å². The second-order valence-corrected chi connectivity index (χ2v) is 3.04. The van der Waals surface area contributed by atoms with E-state index in [1.807, 2.05) is 0 Å². The standard InChI is InChI=1S/C10H22O/c1-4-7-9-11-10(6-3)8-5-2/h10H,4-9H2,1-3H3. The predicted molar refractivity (Wildman–Crippen MR) is 49.8 cm³/mol. The minimum atomic E-state index is 0.520. The van der Waals surface area contributed by atoms with Crippen molar-refractivity contribution in [1.82, 2.24) is 0 Å². The Hall–Kier alpha value is -0.0400. The molecule has 0 heterocycles. The average Bonchev–Trinajstić information content (AvgIpc) is 2.03. The maximum atomic E-state index is 5.67. The Bertz CT molecular complexity index is 71.3. The second kappa shape index (κ2) is 8.06. The topological polar surface area (TPSA) is 9.23 Å². The lowest BCUT2D eigenvalue weighted by Gasteiger charge is -2.14. The highest BCUT2D eigenvalue weighted by Crippen LogP contribution is 2.06. The lowest BCUT2D eigenvalue weighted by atomic mass is 10.1. The summed E-state index contributed by atoms with van der Waals surface area (Å²) in [4.78, 5) is 0. The Balaban J connectivity index is 3.20. The van der Waals surface area contributed by atoms with Crippen molar-refractivity contribution in [3.63, 3.8) is 0 Å². The summed E-state index contributed by atoms with van der Waals surface area (Å²) >= 11 is 0. The van der Waals surface area contributed by atoms with Crippen LogP contribution < -0.4 is 0 Å². The highest BCUT2D eigenvalue weighted by molar-refractivity contribution is 4.53. The van der Waals surface area contributed by atoms with Gasteiger partial charge in [0.25, 0.3) is 0 Å². The van der Waals surface area contributed by atoms with Crippen LogP contribution in [0.3, 0.4) is 0 Å². The molecule has 1 heteroatoms. The number of unbranched alkanes of at least 4 members (excludes halogenated alkanes) is 1. The van der Waals surface area contributed by atoms with Gasteiger partial charge in [0.15, 0.2) is 0 Å². The highest BCUT2D eigenvalue weighted by atomic mass is 16.5. The fraction of sp³-hybridized carbons (Fsp3) is 1.00. The third kappa shape index (κ3) is 6.36. The molecule has 1 unspecified atom stereocenters. The lowest BCUT2D eigenvalue weighted by molar-refractivity contribution is 0.0427. The normalized spacial score (nSPS) is 13.4. The van der Waals surface area contributed by atoms with Gasteiger partial charge in [0.1, 0.15) is 0 Å². The molecular formula is C10H22O. The van der Waals surface area contributed by atoms with Crippen LogP contribution in [0, 0.1) is 0 Å². The number of ether oxygens (including phenoxy) is 1. The van der Waals surface area contributed by atoms with Crippen LogP contribution >= 0.6 is 0 Å². The molecular weight excluding hydrogens is 136 g/mol. The molecule has 0 aliphatic carbocycles. The summed E-state index contributed by atoms with van der Waals surface area (Å²) in [6.45, 7) is 7.57. The van der Waals surface area contributed by atoms with Crippen molar-refractivity contribution in [2.75, 3.05) is 6.61 Å². The van der Waals surface area contributed by atoms with E-state index >= 15 is 0 Å². The maximum Gasteiger partial charge on any atom is 0.0572 e. The molecule has 0 fully saturated rings. The van der Waals surface area contributed by atoms with Crippen molar-refractivity contribution >= 4 is 0 Å². The molecule has 1 atom stereocenters. The van der Waals surface area contributed by atoms with Gasteiger partial charge in [-0.2, -0.15) is 0 Å². The lowest BCUT2D eigenvalue weighted by Crippen LogP contribution is -2.11. The van der Waals surface area contributed by atoms with Crippen molar-refractivity contribution in [2.45, 2.75) is 59.0 Å². The van der Waals surface area contributed by atoms with E-state index in [2.05, 4.69) is 20.8 Å². The van der Waals surface area contributed by atoms with Gasteiger partial charge in [0.05, 0.1) is 6.10 Å². The fourth-order valence-electron chi connectivity index (χ4n) is 1.12. The van der Waals surface area contributed by atoms with Gasteiger partial charge in [-0.05, 0) is 19.3 Å². The minimum absolute atomic E-state index is 0.520. The monoisotopic (exact) mass is 158 g/mol. The molecule has 0 N–H and O–H groups in total. The summed E-state index contributed by atoms with van der Waals surface area (Å²) in [6.07, 6.45) is 6.59. The Kier molecular flexibility index (Phi) is 8.03. The Labute approximate surface area is 71.1 Å². The number of hydrogen-bond acceptors (Lipinski definition) is 1. The first-order valence-corrected chi connectivity index (χ1v) is 4.96. The Morgan fingerprint density at radius 3 is 2.27 bits per heavy atom. The van der Waals surface area contributed by atoms with Crippen LogP contribution in [0.25, 0.3) is 0 Å². The van der Waals surface area contributed by atoms with E-state index in [0.29, 0.717) is 6.10 Å². The number of hydrogen-bond donors (Lipinski definition) is 0. The third-order valence-corrected chi connectivity index (χ3v) is 1.92. The molecule has 0 saturated heterocycles. The zero-order chi connectivity index (χ0) is 8.53. The summed E-state index contributed by atoms with van der Waals surface area (Å²) in [5.41, 5.74) is 0. The third-order valence-electron chi connectivity index (χ3n) is 1.92. The predicted octanol–water partition coefficient (Wildman–Crippen LogP) is 3.38. The molecule has 0 amide bonds. The number of rotatable bonds is 7. The molecule has 0 rings (SSSR count). The molecule has 0 aliphatic heterocycles. The zero-order valence-electron chi connectivity index (χ0n) is 8.23. The SMILES string of the molecule is CCCCOC(CC)CCC. The molecule has 0 saturated carbocycles. The van der Waals surface area contributed by atoms with Gasteiger partial charge >= 0.3 is 0 Å². The van der Waals surface area contributed by atoms with Crippen LogP contribution in [0.15, 0.2) is 0 Å². The van der Waals surface area contributed by atoms with Crippen LogP contribution in [-0.2, 0) is 4.74 Å². The smallest absolute Gasteiger partial charge is 0.0572 e. The van der Waals surface area contributed by atoms with Gasteiger partial charge in [0, 0.05) is 6.61 Å². The fourth-order valence-corrected chi connectivity index (χ4v) is 1.12. The summed E-state index contributed by atoms with van der Waals surface area (Å²) in [6, 6.07) is 0. The molecule has 0 aromatic rings. The van der Waals surface area contributed by atoms with E-state index in [9.17, 15) is 0 Å². The highest BCUT2D eigenvalue weighted by Gasteiger charge is 2.03. The van der Waals surface area contributed by atoms with Crippen molar-refractivity contribution in [3.8, 4) is 0 Å². The van der Waals surface area contributed by atoms with Gasteiger partial charge in [-0.1, -0.05) is 33.6 Å². The van der Waals surface area contributed by atoms with Gasteiger partial charge in [-0.25, -0.2) is 0 Å². The van der Waals surface area contributed by atoms with E-state index in [-0.39, 0.29) is 0 Å². The van der Waals surface area contributed by atoms with E-state index in [0.717, 1.165) is 13.0 Å². The van der Waals surface area contributed by atoms with Gasteiger partial charge < -0.3 is 4.74 Å². The Morgan fingerprint density at radius 1 is 1.09 bits per heavy atom. The van der Waals surface area contributed by atoms with Crippen molar-refractivity contribution < 1.29 is 4.74 Å². The van der Waals surface area contributed by atoms with Crippen molar-refractivity contribution in [2.24, 2.45) is 0 Å². The first-order valence-electron chi connectivity index (χ1n) is 4.96. The van der Waals surface area contributed by atoms with Gasteiger partial charge in [-0.15, -0.1) is 0 Å². The molecule has 68 valence electrons. The molecule has 0 aliphatic rings. The van der Waals surface area contributed by atoms with Crippen LogP contribution in [0.4, 0.5) is 0 Å². The molecule has 11 heavy (non-hydrogen) atoms. The first kappa shape index (κ1) is 11.0. The van der Waals surface area contributed by atoms with E-state index < -0.39 is 0 Å². The zero-order valence-corrected chi connectivity index (χ0v) is 8.23. The minimum Gasteiger partial charge on any atom is -0.378 e. The second-order valence-electron chi connectivity index (χ2n) is 3.04. The largest absolute Gasteiger partial charge is 0.378 e. The summed E-state index contributed by atoms with van der Waals surface area (Å²) in [5.74, 6) is 0. The molecule has 1 nitrogen and oxygen atoms in total.